The van der Waals surface area contributed by atoms with E-state index >= 15 is 0 Å². The molecule has 0 spiro atoms. The van der Waals surface area contributed by atoms with Gasteiger partial charge in [-0.05, 0) is 25.1 Å². The first-order valence-corrected chi connectivity index (χ1v) is 7.57. The lowest BCUT2D eigenvalue weighted by Gasteiger charge is -2.24. The second-order valence-electron chi connectivity index (χ2n) is 4.36. The van der Waals surface area contributed by atoms with Crippen LogP contribution in [0.25, 0.3) is 0 Å². The molecule has 98 valence electrons. The van der Waals surface area contributed by atoms with E-state index in [1.54, 1.807) is 11.8 Å². The summed E-state index contributed by atoms with van der Waals surface area (Å²) in [6, 6.07) is 9.94. The molecule has 3 rings (SSSR count). The molecule has 0 saturated heterocycles. The van der Waals surface area contributed by atoms with Crippen molar-refractivity contribution in [2.75, 3.05) is 5.75 Å². The molecule has 0 fully saturated rings. The largest absolute Gasteiger partial charge is 0.480 e. The number of nitrogens with zero attached hydrogens (tertiary/aromatic N) is 2. The Kier molecular flexibility index (Phi) is 3.62. The molecule has 19 heavy (non-hydrogen) atoms. The molecule has 5 heteroatoms. The van der Waals surface area contributed by atoms with E-state index in [1.807, 2.05) is 31.2 Å². The third-order valence-electron chi connectivity index (χ3n) is 2.86. The minimum atomic E-state index is -0.109. The number of hydrogen-bond donors (Lipinski definition) is 0. The number of aromatic nitrogens is 2. The minimum absolute atomic E-state index is 0.109. The Hall–Kier alpha value is -1.26. The maximum atomic E-state index is 5.98. The molecule has 0 saturated carbocycles. The number of hydrogen-bond acceptors (Lipinski definition) is 4. The summed E-state index contributed by atoms with van der Waals surface area (Å²) >= 11 is 7.63. The Bertz CT molecular complexity index is 606. The summed E-state index contributed by atoms with van der Waals surface area (Å²) in [5, 5.41) is 0. The smallest absolute Gasteiger partial charge is 0.170 e. The number of fused-ring (bicyclic) bond motifs is 1. The number of ether oxygens (including phenoxy) is 1. The van der Waals surface area contributed by atoms with Crippen LogP contribution in [-0.4, -0.2) is 15.7 Å². The first-order chi connectivity index (χ1) is 9.26. The highest BCUT2D eigenvalue weighted by atomic mass is 35.5. The van der Waals surface area contributed by atoms with Crippen LogP contribution in [-0.2, 0) is 5.88 Å². The lowest BCUT2D eigenvalue weighted by Crippen LogP contribution is -2.18. The van der Waals surface area contributed by atoms with E-state index in [-0.39, 0.29) is 6.10 Å². The molecular weight excluding hydrogens is 280 g/mol. The minimum Gasteiger partial charge on any atom is -0.480 e. The van der Waals surface area contributed by atoms with E-state index in [2.05, 4.69) is 16.0 Å². The van der Waals surface area contributed by atoms with Gasteiger partial charge in [0.05, 0.1) is 11.6 Å². The Morgan fingerprint density at radius 3 is 3.05 bits per heavy atom. The summed E-state index contributed by atoms with van der Waals surface area (Å²) in [7, 11) is 0. The van der Waals surface area contributed by atoms with Crippen molar-refractivity contribution in [1.82, 2.24) is 9.97 Å². The predicted molar refractivity (Wildman–Crippen MR) is 76.9 cm³/mol. The van der Waals surface area contributed by atoms with Gasteiger partial charge in [-0.25, -0.2) is 9.97 Å². The van der Waals surface area contributed by atoms with Crippen LogP contribution in [0.2, 0.25) is 0 Å². The number of thioether (sulfide) groups is 1. The first-order valence-electron chi connectivity index (χ1n) is 6.05. The quantitative estimate of drug-likeness (QED) is 0.790. The zero-order chi connectivity index (χ0) is 13.2. The first kappa shape index (κ1) is 12.8. The molecule has 3 nitrogen and oxygen atoms in total. The van der Waals surface area contributed by atoms with Crippen LogP contribution in [0.3, 0.4) is 0 Å². The molecule has 0 bridgehead atoms. The van der Waals surface area contributed by atoms with Crippen molar-refractivity contribution in [3.63, 3.8) is 0 Å². The Balaban J connectivity index is 1.90. The Morgan fingerprint density at radius 2 is 2.21 bits per heavy atom. The van der Waals surface area contributed by atoms with Gasteiger partial charge >= 0.3 is 0 Å². The molecule has 0 radical (unpaired) electrons. The SMILES string of the molecule is Cc1cc(CCl)nc(C2CSc3ccccc3O2)n1. The van der Waals surface area contributed by atoms with Gasteiger partial charge in [0.25, 0.3) is 0 Å². The van der Waals surface area contributed by atoms with Gasteiger partial charge in [0, 0.05) is 16.3 Å². The lowest BCUT2D eigenvalue weighted by atomic mass is 10.3. The number of rotatable bonds is 2. The van der Waals surface area contributed by atoms with E-state index in [4.69, 9.17) is 16.3 Å². The van der Waals surface area contributed by atoms with Crippen LogP contribution in [0.15, 0.2) is 35.2 Å². The number of benzene rings is 1. The van der Waals surface area contributed by atoms with Gasteiger partial charge < -0.3 is 4.74 Å². The van der Waals surface area contributed by atoms with Crippen molar-refractivity contribution in [2.24, 2.45) is 0 Å². The van der Waals surface area contributed by atoms with Crippen LogP contribution in [0.4, 0.5) is 0 Å². The molecule has 1 aliphatic rings. The zero-order valence-electron chi connectivity index (χ0n) is 10.5. The van der Waals surface area contributed by atoms with Gasteiger partial charge in [-0.3, -0.25) is 0 Å². The van der Waals surface area contributed by atoms with E-state index in [0.29, 0.717) is 5.88 Å². The van der Waals surface area contributed by atoms with Gasteiger partial charge in [0.1, 0.15) is 5.75 Å². The lowest BCUT2D eigenvalue weighted by molar-refractivity contribution is 0.210. The van der Waals surface area contributed by atoms with Crippen molar-refractivity contribution in [3.05, 3.63) is 47.5 Å². The number of para-hydroxylation sites is 1. The second-order valence-corrected chi connectivity index (χ2v) is 5.69. The molecule has 1 unspecified atom stereocenters. The van der Waals surface area contributed by atoms with Crippen LogP contribution in [0.5, 0.6) is 5.75 Å². The highest BCUT2D eigenvalue weighted by Crippen LogP contribution is 2.39. The van der Waals surface area contributed by atoms with Gasteiger partial charge in [-0.15, -0.1) is 23.4 Å². The Labute approximate surface area is 121 Å². The maximum Gasteiger partial charge on any atom is 0.170 e. The fraction of sp³-hybridized carbons (Fsp3) is 0.286. The van der Waals surface area contributed by atoms with Crippen molar-refractivity contribution < 1.29 is 4.74 Å². The summed E-state index contributed by atoms with van der Waals surface area (Å²) in [5.41, 5.74) is 1.77. The normalized spacial score (nSPS) is 17.7. The highest BCUT2D eigenvalue weighted by molar-refractivity contribution is 7.99. The molecule has 2 heterocycles. The molecule has 2 aromatic rings. The van der Waals surface area contributed by atoms with Gasteiger partial charge in [0.2, 0.25) is 0 Å². The molecule has 1 aliphatic heterocycles. The fourth-order valence-electron chi connectivity index (χ4n) is 2.02. The number of alkyl halides is 1. The monoisotopic (exact) mass is 292 g/mol. The van der Waals surface area contributed by atoms with Crippen LogP contribution in [0, 0.1) is 6.92 Å². The molecule has 0 N–H and O–H groups in total. The fourth-order valence-corrected chi connectivity index (χ4v) is 3.14. The average molecular weight is 293 g/mol. The van der Waals surface area contributed by atoms with E-state index < -0.39 is 0 Å². The molecule has 1 atom stereocenters. The van der Waals surface area contributed by atoms with Crippen LogP contribution < -0.4 is 4.74 Å². The van der Waals surface area contributed by atoms with Crippen molar-refractivity contribution in [1.29, 1.82) is 0 Å². The molecule has 0 amide bonds. The summed E-state index contributed by atoms with van der Waals surface area (Å²) in [5.74, 6) is 2.84. The molecule has 1 aromatic carbocycles. The standard InChI is InChI=1S/C14H13ClN2OS/c1-9-6-10(7-15)17-14(16-9)12-8-19-13-5-3-2-4-11(13)18-12/h2-6,12H,7-8H2,1H3. The third-order valence-corrected chi connectivity index (χ3v) is 4.25. The number of aryl methyl sites for hydroxylation is 1. The summed E-state index contributed by atoms with van der Waals surface area (Å²) in [6.07, 6.45) is -0.109. The van der Waals surface area contributed by atoms with E-state index in [1.165, 1.54) is 4.90 Å². The van der Waals surface area contributed by atoms with Crippen molar-refractivity contribution in [3.8, 4) is 5.75 Å². The number of halogens is 1. The van der Waals surface area contributed by atoms with Crippen molar-refractivity contribution in [2.45, 2.75) is 23.8 Å². The predicted octanol–water partition coefficient (Wildman–Crippen LogP) is 3.75. The summed E-state index contributed by atoms with van der Waals surface area (Å²) in [6.45, 7) is 1.95. The van der Waals surface area contributed by atoms with Crippen LogP contribution >= 0.6 is 23.4 Å². The van der Waals surface area contributed by atoms with E-state index in [0.717, 1.165) is 28.7 Å². The summed E-state index contributed by atoms with van der Waals surface area (Å²) in [4.78, 5) is 10.1. The topological polar surface area (TPSA) is 35.0 Å². The molecular formula is C14H13ClN2OS. The molecule has 1 aromatic heterocycles. The Morgan fingerprint density at radius 1 is 1.37 bits per heavy atom. The molecule has 0 aliphatic carbocycles. The second kappa shape index (κ2) is 5.39. The third kappa shape index (κ3) is 2.69. The van der Waals surface area contributed by atoms with Crippen molar-refractivity contribution >= 4 is 23.4 Å². The van der Waals surface area contributed by atoms with Gasteiger partial charge in [0.15, 0.2) is 11.9 Å². The van der Waals surface area contributed by atoms with Gasteiger partial charge in [-0.1, -0.05) is 12.1 Å². The van der Waals surface area contributed by atoms with Gasteiger partial charge in [-0.2, -0.15) is 0 Å². The van der Waals surface area contributed by atoms with E-state index in [9.17, 15) is 0 Å². The average Bonchev–Trinajstić information content (AvgIpc) is 2.46. The summed E-state index contributed by atoms with van der Waals surface area (Å²) < 4.78 is 5.98. The maximum absolute atomic E-state index is 5.98. The highest BCUT2D eigenvalue weighted by Gasteiger charge is 2.24. The zero-order valence-corrected chi connectivity index (χ0v) is 12.0. The van der Waals surface area contributed by atoms with Crippen LogP contribution in [0.1, 0.15) is 23.3 Å².